The van der Waals surface area contributed by atoms with Crippen LogP contribution in [0.5, 0.6) is 5.75 Å². The first-order chi connectivity index (χ1) is 17.4. The number of para-hydroxylation sites is 1. The zero-order valence-electron chi connectivity index (χ0n) is 20.9. The number of hydrogen-bond donors (Lipinski definition) is 1. The van der Waals surface area contributed by atoms with Gasteiger partial charge in [-0.2, -0.15) is 0 Å². The number of esters is 1. The molecule has 1 N–H and O–H groups in total. The van der Waals surface area contributed by atoms with E-state index in [2.05, 4.69) is 10.2 Å². The van der Waals surface area contributed by atoms with Crippen molar-refractivity contribution in [2.45, 2.75) is 13.0 Å². The fourth-order valence-corrected chi connectivity index (χ4v) is 4.62. The molecule has 1 fully saturated rings. The molecule has 2 heterocycles. The van der Waals surface area contributed by atoms with Crippen LogP contribution in [0.4, 0.5) is 4.79 Å². The lowest BCUT2D eigenvalue weighted by molar-refractivity contribution is -0.139. The minimum atomic E-state index is -0.708. The van der Waals surface area contributed by atoms with E-state index in [0.29, 0.717) is 60.9 Å². The fourth-order valence-electron chi connectivity index (χ4n) is 4.62. The zero-order chi connectivity index (χ0) is 25.7. The number of hydrogen-bond acceptors (Lipinski definition) is 6. The third kappa shape index (κ3) is 5.21. The molecule has 36 heavy (non-hydrogen) atoms. The van der Waals surface area contributed by atoms with E-state index in [9.17, 15) is 14.4 Å². The molecule has 1 atom stereocenters. The van der Waals surface area contributed by atoms with Gasteiger partial charge in [0.15, 0.2) is 0 Å². The monoisotopic (exact) mass is 492 g/mol. The van der Waals surface area contributed by atoms with Gasteiger partial charge in [-0.15, -0.1) is 0 Å². The van der Waals surface area contributed by atoms with E-state index in [1.54, 1.807) is 27.1 Å². The van der Waals surface area contributed by atoms with Gasteiger partial charge in [0.1, 0.15) is 5.75 Å². The summed E-state index contributed by atoms with van der Waals surface area (Å²) in [5, 5.41) is 2.93. The Morgan fingerprint density at radius 1 is 1.00 bits per heavy atom. The lowest BCUT2D eigenvalue weighted by atomic mass is 9.93. The van der Waals surface area contributed by atoms with Crippen molar-refractivity contribution in [1.29, 1.82) is 0 Å². The van der Waals surface area contributed by atoms with E-state index in [-0.39, 0.29) is 18.5 Å². The van der Waals surface area contributed by atoms with Gasteiger partial charge in [0.25, 0.3) is 5.91 Å². The van der Waals surface area contributed by atoms with Crippen molar-refractivity contribution in [3.05, 3.63) is 77.0 Å². The molecule has 2 aliphatic heterocycles. The van der Waals surface area contributed by atoms with E-state index in [1.165, 1.54) is 4.90 Å². The molecule has 0 aliphatic carbocycles. The first-order valence-corrected chi connectivity index (χ1v) is 12.1. The predicted octanol–water partition coefficient (Wildman–Crippen LogP) is 2.67. The normalized spacial score (nSPS) is 18.6. The van der Waals surface area contributed by atoms with Crippen molar-refractivity contribution in [2.75, 3.05) is 53.5 Å². The minimum Gasteiger partial charge on any atom is -0.496 e. The van der Waals surface area contributed by atoms with Crippen LogP contribution >= 0.6 is 0 Å². The van der Waals surface area contributed by atoms with Gasteiger partial charge in [-0.3, -0.25) is 14.6 Å². The topological polar surface area (TPSA) is 91.4 Å². The second kappa shape index (κ2) is 11.3. The Bertz CT molecular complexity index is 1140. The molecular weight excluding hydrogens is 460 g/mol. The molecule has 0 bridgehead atoms. The Hall–Kier alpha value is -3.85. The molecule has 2 aliphatic rings. The number of carbonyl (C=O) groups is 3. The molecule has 3 amide bonds. The van der Waals surface area contributed by atoms with E-state index >= 15 is 0 Å². The Kier molecular flexibility index (Phi) is 7.90. The van der Waals surface area contributed by atoms with Crippen LogP contribution in [0.25, 0.3) is 0 Å². The molecule has 1 saturated heterocycles. The van der Waals surface area contributed by atoms with E-state index in [1.807, 2.05) is 53.4 Å². The molecule has 9 heteroatoms. The van der Waals surface area contributed by atoms with E-state index in [4.69, 9.17) is 9.47 Å². The molecule has 0 aromatic heterocycles. The molecular formula is C27H32N4O5. The highest BCUT2D eigenvalue weighted by molar-refractivity contribution is 5.95. The number of rotatable bonds is 7. The predicted molar refractivity (Wildman–Crippen MR) is 134 cm³/mol. The molecule has 0 spiro atoms. The van der Waals surface area contributed by atoms with Gasteiger partial charge in [-0.1, -0.05) is 36.4 Å². The van der Waals surface area contributed by atoms with Gasteiger partial charge in [0, 0.05) is 56.6 Å². The van der Waals surface area contributed by atoms with Crippen LogP contribution in [0.2, 0.25) is 0 Å². The van der Waals surface area contributed by atoms with E-state index < -0.39 is 12.0 Å². The number of carbonyl (C=O) groups excluding carboxylic acids is 3. The molecule has 9 nitrogen and oxygen atoms in total. The summed E-state index contributed by atoms with van der Waals surface area (Å²) in [6, 6.07) is 15.5. The van der Waals surface area contributed by atoms with Crippen LogP contribution in [-0.2, 0) is 9.53 Å². The number of piperazine rings is 1. The number of nitrogens with zero attached hydrogens (tertiary/aromatic N) is 3. The summed E-state index contributed by atoms with van der Waals surface area (Å²) >= 11 is 0. The Labute approximate surface area is 211 Å². The van der Waals surface area contributed by atoms with Gasteiger partial charge >= 0.3 is 12.0 Å². The van der Waals surface area contributed by atoms with Crippen molar-refractivity contribution in [3.63, 3.8) is 0 Å². The van der Waals surface area contributed by atoms with Crippen molar-refractivity contribution < 1.29 is 23.9 Å². The smallest absolute Gasteiger partial charge is 0.338 e. The lowest BCUT2D eigenvalue weighted by Gasteiger charge is -2.39. The SMILES string of the molecule is CCOC(=O)C1=C(CN2CCN(C(=O)c3ccccc3)CC2)N(C)C(=O)N[C@H]1c1ccccc1OC. The fraction of sp³-hybridized carbons (Fsp3) is 0.370. The summed E-state index contributed by atoms with van der Waals surface area (Å²) in [7, 11) is 3.21. The van der Waals surface area contributed by atoms with E-state index in [0.717, 1.165) is 0 Å². The maximum atomic E-state index is 13.2. The molecule has 2 aromatic carbocycles. The number of benzene rings is 2. The Morgan fingerprint density at radius 2 is 1.67 bits per heavy atom. The van der Waals surface area contributed by atoms with Crippen molar-refractivity contribution in [3.8, 4) is 5.75 Å². The molecule has 0 saturated carbocycles. The average Bonchev–Trinajstić information content (AvgIpc) is 2.91. The first-order valence-electron chi connectivity index (χ1n) is 12.1. The standard InChI is InChI=1S/C27H32N4O5/c1-4-36-26(33)23-21(29(2)27(34)28-24(23)20-12-8-9-13-22(20)35-3)18-30-14-16-31(17-15-30)25(32)19-10-6-5-7-11-19/h5-13,24H,4,14-18H2,1-3H3,(H,28,34)/t24-/m0/s1. The van der Waals surface area contributed by atoms with Crippen LogP contribution in [-0.4, -0.2) is 86.1 Å². The van der Waals surface area contributed by atoms with Gasteiger partial charge in [0.05, 0.1) is 25.3 Å². The highest BCUT2D eigenvalue weighted by Gasteiger charge is 2.38. The highest BCUT2D eigenvalue weighted by Crippen LogP contribution is 2.35. The van der Waals surface area contributed by atoms with Crippen molar-refractivity contribution in [1.82, 2.24) is 20.0 Å². The largest absolute Gasteiger partial charge is 0.496 e. The van der Waals surface area contributed by atoms with Gasteiger partial charge in [-0.25, -0.2) is 9.59 Å². The quantitative estimate of drug-likeness (QED) is 0.598. The summed E-state index contributed by atoms with van der Waals surface area (Å²) in [5.74, 6) is 0.0989. The zero-order valence-corrected chi connectivity index (χ0v) is 20.9. The number of likely N-dealkylation sites (N-methyl/N-ethyl adjacent to an activating group) is 1. The van der Waals surface area contributed by atoms with Crippen LogP contribution in [0, 0.1) is 0 Å². The molecule has 4 rings (SSSR count). The first kappa shape index (κ1) is 25.2. The summed E-state index contributed by atoms with van der Waals surface area (Å²) < 4.78 is 10.9. The van der Waals surface area contributed by atoms with Crippen LogP contribution in [0.3, 0.4) is 0 Å². The molecule has 0 unspecified atom stereocenters. The minimum absolute atomic E-state index is 0.00655. The second-order valence-corrected chi connectivity index (χ2v) is 8.70. The summed E-state index contributed by atoms with van der Waals surface area (Å²) in [5.41, 5.74) is 2.31. The highest BCUT2D eigenvalue weighted by atomic mass is 16.5. The number of nitrogens with one attached hydrogen (secondary N) is 1. The maximum absolute atomic E-state index is 13.2. The lowest BCUT2D eigenvalue weighted by Crippen LogP contribution is -2.53. The molecule has 190 valence electrons. The van der Waals surface area contributed by atoms with Crippen LogP contribution in [0.1, 0.15) is 28.9 Å². The number of ether oxygens (including phenoxy) is 2. The Morgan fingerprint density at radius 3 is 2.33 bits per heavy atom. The molecule has 2 aromatic rings. The third-order valence-corrected chi connectivity index (χ3v) is 6.58. The number of urea groups is 1. The summed E-state index contributed by atoms with van der Waals surface area (Å²) in [6.45, 7) is 4.69. The number of methoxy groups -OCH3 is 1. The van der Waals surface area contributed by atoms with Gasteiger partial charge < -0.3 is 19.7 Å². The van der Waals surface area contributed by atoms with Crippen molar-refractivity contribution in [2.24, 2.45) is 0 Å². The Balaban J connectivity index is 1.60. The average molecular weight is 493 g/mol. The van der Waals surface area contributed by atoms with Gasteiger partial charge in [-0.05, 0) is 25.1 Å². The summed E-state index contributed by atoms with van der Waals surface area (Å²) in [4.78, 5) is 44.5. The van der Waals surface area contributed by atoms with Crippen molar-refractivity contribution >= 4 is 17.9 Å². The maximum Gasteiger partial charge on any atom is 0.338 e. The third-order valence-electron chi connectivity index (χ3n) is 6.58. The second-order valence-electron chi connectivity index (χ2n) is 8.70. The van der Waals surface area contributed by atoms with Crippen LogP contribution < -0.4 is 10.1 Å². The summed E-state index contributed by atoms with van der Waals surface area (Å²) in [6.07, 6.45) is 0. The molecule has 0 radical (unpaired) electrons. The van der Waals surface area contributed by atoms with Gasteiger partial charge in [0.2, 0.25) is 0 Å². The number of amides is 3. The van der Waals surface area contributed by atoms with Crippen LogP contribution in [0.15, 0.2) is 65.9 Å².